The summed E-state index contributed by atoms with van der Waals surface area (Å²) in [6.45, 7) is 1.71. The van der Waals surface area contributed by atoms with Crippen molar-refractivity contribution in [3.05, 3.63) is 23.9 Å². The normalized spacial score (nSPS) is 17.1. The number of carboxylic acids is 1. The van der Waals surface area contributed by atoms with Crippen LogP contribution in [0, 0.1) is 0 Å². The molecule has 2 heterocycles. The lowest BCUT2D eigenvalue weighted by molar-refractivity contribution is 0.0696. The van der Waals surface area contributed by atoms with Crippen molar-refractivity contribution in [1.82, 2.24) is 4.98 Å². The second-order valence-electron chi connectivity index (χ2n) is 4.13. The largest absolute Gasteiger partial charge is 0.478 e. The molecule has 17 heavy (non-hydrogen) atoms. The lowest BCUT2D eigenvalue weighted by atomic mass is 10.1. The Balaban J connectivity index is 2.08. The van der Waals surface area contributed by atoms with Gasteiger partial charge in [0.2, 0.25) is 0 Å². The van der Waals surface area contributed by atoms with Gasteiger partial charge >= 0.3 is 5.97 Å². The maximum absolute atomic E-state index is 10.9. The molecular formula is C12H16N2O3. The van der Waals surface area contributed by atoms with E-state index in [1.807, 2.05) is 0 Å². The predicted octanol–water partition coefficient (Wildman–Crippen LogP) is 1.40. The Hall–Kier alpha value is -1.62. The third kappa shape index (κ3) is 2.74. The van der Waals surface area contributed by atoms with Gasteiger partial charge in [-0.2, -0.15) is 0 Å². The first-order chi connectivity index (χ1) is 8.20. The highest BCUT2D eigenvalue weighted by Gasteiger charge is 2.20. The third-order valence-corrected chi connectivity index (χ3v) is 3.09. The van der Waals surface area contributed by atoms with Crippen molar-refractivity contribution in [3.8, 4) is 0 Å². The van der Waals surface area contributed by atoms with E-state index in [9.17, 15) is 4.79 Å². The third-order valence-electron chi connectivity index (χ3n) is 3.09. The molecule has 1 saturated heterocycles. The van der Waals surface area contributed by atoms with Gasteiger partial charge in [0.15, 0.2) is 0 Å². The number of carbonyl (C=O) groups is 1. The number of ether oxygens (including phenoxy) is 1. The zero-order valence-corrected chi connectivity index (χ0v) is 9.80. The van der Waals surface area contributed by atoms with Crippen molar-refractivity contribution < 1.29 is 14.6 Å². The smallest absolute Gasteiger partial charge is 0.335 e. The summed E-state index contributed by atoms with van der Waals surface area (Å²) in [6, 6.07) is 3.13. The van der Waals surface area contributed by atoms with Gasteiger partial charge in [-0.05, 0) is 25.0 Å². The SMILES string of the molecule is COC1CCN(c2cc(C(=O)O)ccn2)CC1. The second kappa shape index (κ2) is 5.14. The minimum Gasteiger partial charge on any atom is -0.478 e. The Morgan fingerprint density at radius 3 is 2.82 bits per heavy atom. The van der Waals surface area contributed by atoms with Crippen LogP contribution in [0.1, 0.15) is 23.2 Å². The van der Waals surface area contributed by atoms with Crippen LogP contribution in [0.2, 0.25) is 0 Å². The van der Waals surface area contributed by atoms with Crippen LogP contribution in [-0.2, 0) is 4.74 Å². The molecule has 2 rings (SSSR count). The van der Waals surface area contributed by atoms with E-state index < -0.39 is 5.97 Å². The molecule has 5 heteroatoms. The molecule has 1 aromatic heterocycles. The number of aromatic carboxylic acids is 1. The quantitative estimate of drug-likeness (QED) is 0.859. The molecule has 0 radical (unpaired) electrons. The van der Waals surface area contributed by atoms with Crippen molar-refractivity contribution >= 4 is 11.8 Å². The number of carboxylic acid groups (broad SMARTS) is 1. The lowest BCUT2D eigenvalue weighted by Crippen LogP contribution is -2.37. The molecule has 0 spiro atoms. The highest BCUT2D eigenvalue weighted by atomic mass is 16.5. The molecule has 1 aliphatic rings. The van der Waals surface area contributed by atoms with Gasteiger partial charge in [0, 0.05) is 26.4 Å². The van der Waals surface area contributed by atoms with E-state index in [0.29, 0.717) is 6.10 Å². The van der Waals surface area contributed by atoms with Crippen LogP contribution >= 0.6 is 0 Å². The van der Waals surface area contributed by atoms with Gasteiger partial charge < -0.3 is 14.7 Å². The van der Waals surface area contributed by atoms with Gasteiger partial charge in [0.05, 0.1) is 11.7 Å². The standard InChI is InChI=1S/C12H16N2O3/c1-17-10-3-6-14(7-4-10)11-8-9(12(15)16)2-5-13-11/h2,5,8,10H,3-4,6-7H2,1H3,(H,15,16). The van der Waals surface area contributed by atoms with E-state index in [1.165, 1.54) is 6.07 Å². The van der Waals surface area contributed by atoms with Crippen LogP contribution < -0.4 is 4.90 Å². The molecule has 0 aliphatic carbocycles. The molecule has 0 atom stereocenters. The van der Waals surface area contributed by atoms with Gasteiger partial charge in [0.25, 0.3) is 0 Å². The van der Waals surface area contributed by atoms with Crippen molar-refractivity contribution in [1.29, 1.82) is 0 Å². The number of methoxy groups -OCH3 is 1. The molecule has 92 valence electrons. The van der Waals surface area contributed by atoms with Crippen molar-refractivity contribution in [2.24, 2.45) is 0 Å². The number of anilines is 1. The van der Waals surface area contributed by atoms with Crippen LogP contribution in [0.15, 0.2) is 18.3 Å². The molecule has 0 unspecified atom stereocenters. The molecule has 1 N–H and O–H groups in total. The Bertz CT molecular complexity index is 400. The van der Waals surface area contributed by atoms with Gasteiger partial charge in [-0.3, -0.25) is 0 Å². The fraction of sp³-hybridized carbons (Fsp3) is 0.500. The summed E-state index contributed by atoms with van der Waals surface area (Å²) in [5.41, 5.74) is 0.281. The molecule has 0 aromatic carbocycles. The van der Waals surface area contributed by atoms with E-state index in [1.54, 1.807) is 19.4 Å². The Labute approximate surface area is 100 Å². The predicted molar refractivity (Wildman–Crippen MR) is 63.4 cm³/mol. The number of piperidine rings is 1. The number of nitrogens with zero attached hydrogens (tertiary/aromatic N) is 2. The summed E-state index contributed by atoms with van der Waals surface area (Å²) >= 11 is 0. The van der Waals surface area contributed by atoms with Gasteiger partial charge in [-0.15, -0.1) is 0 Å². The highest BCUT2D eigenvalue weighted by Crippen LogP contribution is 2.19. The van der Waals surface area contributed by atoms with E-state index in [0.717, 1.165) is 31.7 Å². The summed E-state index contributed by atoms with van der Waals surface area (Å²) in [5.74, 6) is -0.181. The fourth-order valence-corrected chi connectivity index (χ4v) is 2.04. The van der Waals surface area contributed by atoms with Crippen molar-refractivity contribution in [3.63, 3.8) is 0 Å². The van der Waals surface area contributed by atoms with Crippen molar-refractivity contribution in [2.75, 3.05) is 25.1 Å². The summed E-state index contributed by atoms with van der Waals surface area (Å²) in [5, 5.41) is 8.92. The number of hydrogen-bond acceptors (Lipinski definition) is 4. The minimum atomic E-state index is -0.916. The second-order valence-corrected chi connectivity index (χ2v) is 4.13. The summed E-state index contributed by atoms with van der Waals surface area (Å²) < 4.78 is 5.30. The van der Waals surface area contributed by atoms with E-state index in [2.05, 4.69) is 9.88 Å². The molecule has 0 bridgehead atoms. The first-order valence-corrected chi connectivity index (χ1v) is 5.68. The summed E-state index contributed by atoms with van der Waals surface area (Å²) in [4.78, 5) is 17.2. The highest BCUT2D eigenvalue weighted by molar-refractivity contribution is 5.88. The number of pyridine rings is 1. The summed E-state index contributed by atoms with van der Waals surface area (Å²) in [6.07, 6.45) is 3.76. The average molecular weight is 236 g/mol. The first-order valence-electron chi connectivity index (χ1n) is 5.68. The van der Waals surface area contributed by atoms with Crippen LogP contribution in [0.3, 0.4) is 0 Å². The molecule has 1 fully saturated rings. The van der Waals surface area contributed by atoms with Gasteiger partial charge in [-0.25, -0.2) is 9.78 Å². The Morgan fingerprint density at radius 2 is 2.24 bits per heavy atom. The Kier molecular flexibility index (Phi) is 3.58. The number of aromatic nitrogens is 1. The minimum absolute atomic E-state index is 0.281. The zero-order chi connectivity index (χ0) is 12.3. The molecule has 0 saturated carbocycles. The molecule has 1 aromatic rings. The molecular weight excluding hydrogens is 220 g/mol. The zero-order valence-electron chi connectivity index (χ0n) is 9.80. The van der Waals surface area contributed by atoms with Gasteiger partial charge in [-0.1, -0.05) is 0 Å². The van der Waals surface area contributed by atoms with Gasteiger partial charge in [0.1, 0.15) is 5.82 Å². The average Bonchev–Trinajstić information content (AvgIpc) is 2.39. The molecule has 1 aliphatic heterocycles. The van der Waals surface area contributed by atoms with Crippen LogP contribution in [0.5, 0.6) is 0 Å². The topological polar surface area (TPSA) is 62.7 Å². The lowest BCUT2D eigenvalue weighted by Gasteiger charge is -2.32. The van der Waals surface area contributed by atoms with Crippen molar-refractivity contribution in [2.45, 2.75) is 18.9 Å². The maximum Gasteiger partial charge on any atom is 0.335 e. The molecule has 5 nitrogen and oxygen atoms in total. The molecule has 0 amide bonds. The number of rotatable bonds is 3. The first kappa shape index (κ1) is 11.9. The van der Waals surface area contributed by atoms with Crippen LogP contribution in [-0.4, -0.2) is 42.4 Å². The van der Waals surface area contributed by atoms with E-state index in [4.69, 9.17) is 9.84 Å². The summed E-state index contributed by atoms with van der Waals surface area (Å²) in [7, 11) is 1.73. The van der Waals surface area contributed by atoms with E-state index >= 15 is 0 Å². The van der Waals surface area contributed by atoms with Crippen LogP contribution in [0.25, 0.3) is 0 Å². The fourth-order valence-electron chi connectivity index (χ4n) is 2.04. The Morgan fingerprint density at radius 1 is 1.53 bits per heavy atom. The maximum atomic E-state index is 10.9. The monoisotopic (exact) mass is 236 g/mol. The van der Waals surface area contributed by atoms with Crippen LogP contribution in [0.4, 0.5) is 5.82 Å². The number of hydrogen-bond donors (Lipinski definition) is 1. The van der Waals surface area contributed by atoms with E-state index in [-0.39, 0.29) is 5.56 Å².